The number of hydrogen-bond donors (Lipinski definition) is 3. The second-order valence-electron chi connectivity index (χ2n) is 25.2. The topological polar surface area (TPSA) is 237 Å². The quantitative estimate of drug-likeness (QED) is 0.0169. The molecule has 0 rings (SSSR count). The third-order valence-electron chi connectivity index (χ3n) is 15.7. The summed E-state index contributed by atoms with van der Waals surface area (Å²) >= 11 is 0. The first-order chi connectivity index (χ1) is 47.7. The second kappa shape index (κ2) is 71.1. The normalized spacial score (nSPS) is 14.6. The van der Waals surface area contributed by atoms with Crippen LogP contribution in [0, 0.1) is 0 Å². The average Bonchev–Trinajstić information content (AvgIpc) is 0.986. The van der Waals surface area contributed by atoms with Gasteiger partial charge in [-0.3, -0.25) is 37.3 Å². The van der Waals surface area contributed by atoms with Gasteiger partial charge in [-0.15, -0.1) is 0 Å². The number of phosphoric acid groups is 2. The molecule has 0 aromatic rings. The van der Waals surface area contributed by atoms with E-state index in [0.717, 1.165) is 173 Å². The first-order valence-corrected chi connectivity index (χ1v) is 41.1. The van der Waals surface area contributed by atoms with Crippen molar-refractivity contribution in [1.82, 2.24) is 0 Å². The molecule has 0 amide bonds. The highest BCUT2D eigenvalue weighted by molar-refractivity contribution is 7.47. The van der Waals surface area contributed by atoms with Crippen molar-refractivity contribution in [2.24, 2.45) is 0 Å². The summed E-state index contributed by atoms with van der Waals surface area (Å²) in [6.07, 6.45) is 75.1. The molecular weight excluding hydrogens is 1280 g/mol. The van der Waals surface area contributed by atoms with Gasteiger partial charge in [0.05, 0.1) is 26.4 Å². The molecule has 0 aliphatic carbocycles. The van der Waals surface area contributed by atoms with E-state index in [4.69, 9.17) is 37.0 Å². The minimum absolute atomic E-state index is 0.0722. The number of esters is 4. The number of carbonyl (C=O) groups is 4. The number of rotatable bonds is 71. The Kier molecular flexibility index (Phi) is 68.0. The lowest BCUT2D eigenvalue weighted by Gasteiger charge is -2.21. The minimum Gasteiger partial charge on any atom is -0.462 e. The fourth-order valence-corrected chi connectivity index (χ4v) is 11.5. The maximum absolute atomic E-state index is 13.1. The molecule has 5 unspecified atom stereocenters. The number of hydrogen-bond acceptors (Lipinski definition) is 15. The van der Waals surface area contributed by atoms with Crippen molar-refractivity contribution in [3.8, 4) is 0 Å². The lowest BCUT2D eigenvalue weighted by Crippen LogP contribution is -2.30. The van der Waals surface area contributed by atoms with E-state index in [1.54, 1.807) is 0 Å². The smallest absolute Gasteiger partial charge is 0.462 e. The number of carbonyl (C=O) groups excluding carboxylic acids is 4. The van der Waals surface area contributed by atoms with Crippen LogP contribution in [0.3, 0.4) is 0 Å². The van der Waals surface area contributed by atoms with Crippen molar-refractivity contribution in [3.63, 3.8) is 0 Å². The van der Waals surface area contributed by atoms with Crippen molar-refractivity contribution in [2.45, 2.75) is 329 Å². The molecule has 564 valence electrons. The van der Waals surface area contributed by atoms with Crippen LogP contribution in [0.15, 0.2) is 109 Å². The van der Waals surface area contributed by atoms with E-state index in [2.05, 4.69) is 137 Å². The fraction of sp³-hybridized carbons (Fsp3) is 0.722. The number of unbranched alkanes of at least 4 members (excludes halogenated alkanes) is 27. The predicted molar refractivity (Wildman–Crippen MR) is 399 cm³/mol. The number of allylic oxidation sites excluding steroid dienone is 18. The van der Waals surface area contributed by atoms with E-state index in [1.807, 2.05) is 0 Å². The highest BCUT2D eigenvalue weighted by Crippen LogP contribution is 2.45. The van der Waals surface area contributed by atoms with Gasteiger partial charge in [0.15, 0.2) is 12.2 Å². The number of aliphatic hydroxyl groups excluding tert-OH is 1. The van der Waals surface area contributed by atoms with Gasteiger partial charge in [-0.25, -0.2) is 9.13 Å². The van der Waals surface area contributed by atoms with Crippen LogP contribution in [0.2, 0.25) is 0 Å². The summed E-state index contributed by atoms with van der Waals surface area (Å²) in [6.45, 7) is 4.56. The third kappa shape index (κ3) is 70.2. The molecule has 0 radical (unpaired) electrons. The molecule has 0 bridgehead atoms. The SMILES string of the molecule is CC/C=C\C/C=C\C/C=C\C/C=C\CCCCCCC(=O)OCC(COP(=O)(O)OCC(O)COP(=O)(O)OCC(COC(=O)CCCCCCC/C=C\C/C=C\C/C=C\CC)OC(=O)CCCCCCCCCCCCC)OC(=O)CCCCCCC/C=C\C/C=C\CCCCC. The van der Waals surface area contributed by atoms with Gasteiger partial charge in [-0.1, -0.05) is 265 Å². The molecule has 0 aromatic heterocycles. The molecule has 0 aromatic carbocycles. The molecule has 0 aliphatic heterocycles. The Hall–Kier alpha value is -4.28. The largest absolute Gasteiger partial charge is 0.472 e. The number of phosphoric ester groups is 2. The van der Waals surface area contributed by atoms with E-state index in [9.17, 15) is 43.2 Å². The van der Waals surface area contributed by atoms with Gasteiger partial charge < -0.3 is 33.8 Å². The van der Waals surface area contributed by atoms with E-state index >= 15 is 0 Å². The fourth-order valence-electron chi connectivity index (χ4n) is 9.96. The Morgan fingerprint density at radius 2 is 0.531 bits per heavy atom. The summed E-state index contributed by atoms with van der Waals surface area (Å²) in [5.74, 6) is -2.23. The number of aliphatic hydroxyl groups is 1. The highest BCUT2D eigenvalue weighted by atomic mass is 31.2. The second-order valence-corrected chi connectivity index (χ2v) is 28.1. The standard InChI is InChI=1S/C79H136O17P2/c1-5-9-13-17-21-25-29-32-35-36-39-41-45-48-52-56-60-64-77(82)90-70-75(96-79(84)66-62-58-54-50-46-42-38-34-31-27-23-19-15-11-7-3)72-94-98(87,88)92-68-73(80)67-91-97(85,86)93-71-74(95-78(83)65-61-57-53-49-43-28-24-20-16-12-8-4)69-89-76(81)63-59-55-51-47-44-40-37-33-30-26-22-18-14-10-6-2/h9-10,13-14,21-23,25-27,32-35,37-39,41,73-75,80H,5-8,11-12,15-20,24,28-31,36,40,42-72H2,1-4H3,(H,85,86)(H,87,88)/b13-9-,14-10-,25-21-,26-22-,27-23-,35-32-,37-33-,38-34-,41-39-. The lowest BCUT2D eigenvalue weighted by atomic mass is 10.1. The Morgan fingerprint density at radius 3 is 0.837 bits per heavy atom. The summed E-state index contributed by atoms with van der Waals surface area (Å²) in [5, 5.41) is 10.6. The van der Waals surface area contributed by atoms with Crippen LogP contribution < -0.4 is 0 Å². The van der Waals surface area contributed by atoms with Crippen molar-refractivity contribution >= 4 is 39.5 Å². The van der Waals surface area contributed by atoms with Gasteiger partial charge in [0, 0.05) is 25.7 Å². The molecule has 0 heterocycles. The molecule has 5 atom stereocenters. The van der Waals surface area contributed by atoms with Gasteiger partial charge in [0.25, 0.3) is 0 Å². The summed E-state index contributed by atoms with van der Waals surface area (Å²) in [7, 11) is -9.96. The summed E-state index contributed by atoms with van der Waals surface area (Å²) < 4.78 is 68.4. The van der Waals surface area contributed by atoms with E-state index < -0.39 is 97.5 Å². The van der Waals surface area contributed by atoms with E-state index in [1.165, 1.54) is 57.8 Å². The van der Waals surface area contributed by atoms with Crippen molar-refractivity contribution in [2.75, 3.05) is 39.6 Å². The molecule has 98 heavy (non-hydrogen) atoms. The number of ether oxygens (including phenoxy) is 4. The third-order valence-corrected chi connectivity index (χ3v) is 17.6. The van der Waals surface area contributed by atoms with Crippen LogP contribution in [0.25, 0.3) is 0 Å². The molecular formula is C79H136O17P2. The Morgan fingerprint density at radius 1 is 0.296 bits per heavy atom. The lowest BCUT2D eigenvalue weighted by molar-refractivity contribution is -0.161. The monoisotopic (exact) mass is 1420 g/mol. The Balaban J connectivity index is 5.37. The molecule has 17 nitrogen and oxygen atoms in total. The molecule has 0 fully saturated rings. The zero-order valence-electron chi connectivity index (χ0n) is 61.4. The molecule has 3 N–H and O–H groups in total. The van der Waals surface area contributed by atoms with Crippen LogP contribution in [-0.2, 0) is 65.4 Å². The molecule has 19 heteroatoms. The molecule has 0 saturated carbocycles. The summed E-state index contributed by atoms with van der Waals surface area (Å²) in [5.41, 5.74) is 0. The first kappa shape index (κ1) is 93.7. The van der Waals surface area contributed by atoms with Crippen LogP contribution in [-0.4, -0.2) is 96.7 Å². The van der Waals surface area contributed by atoms with Crippen LogP contribution in [0.1, 0.15) is 310 Å². The van der Waals surface area contributed by atoms with Crippen molar-refractivity contribution in [3.05, 3.63) is 109 Å². The summed E-state index contributed by atoms with van der Waals surface area (Å²) in [4.78, 5) is 72.8. The molecule has 0 spiro atoms. The van der Waals surface area contributed by atoms with Crippen LogP contribution in [0.5, 0.6) is 0 Å². The highest BCUT2D eigenvalue weighted by Gasteiger charge is 2.30. The van der Waals surface area contributed by atoms with Gasteiger partial charge in [0.1, 0.15) is 19.3 Å². The predicted octanol–water partition coefficient (Wildman–Crippen LogP) is 21.8. The average molecular weight is 1420 g/mol. The zero-order chi connectivity index (χ0) is 71.8. The maximum Gasteiger partial charge on any atom is 0.472 e. The van der Waals surface area contributed by atoms with E-state index in [0.29, 0.717) is 25.7 Å². The maximum atomic E-state index is 13.1. The van der Waals surface area contributed by atoms with Crippen LogP contribution >= 0.6 is 15.6 Å². The van der Waals surface area contributed by atoms with Gasteiger partial charge in [-0.05, 0) is 128 Å². The van der Waals surface area contributed by atoms with Gasteiger partial charge in [0.2, 0.25) is 0 Å². The Labute approximate surface area is 594 Å². The Bertz CT molecular complexity index is 2290. The van der Waals surface area contributed by atoms with Crippen molar-refractivity contribution in [1.29, 1.82) is 0 Å². The van der Waals surface area contributed by atoms with Crippen molar-refractivity contribution < 1.29 is 80.2 Å². The molecule has 0 saturated heterocycles. The van der Waals surface area contributed by atoms with Crippen LogP contribution in [0.4, 0.5) is 0 Å². The minimum atomic E-state index is -4.98. The zero-order valence-corrected chi connectivity index (χ0v) is 63.2. The van der Waals surface area contributed by atoms with Gasteiger partial charge in [-0.2, -0.15) is 0 Å². The first-order valence-electron chi connectivity index (χ1n) is 38.1. The van der Waals surface area contributed by atoms with E-state index in [-0.39, 0.29) is 25.7 Å². The van der Waals surface area contributed by atoms with Gasteiger partial charge >= 0.3 is 39.5 Å². The summed E-state index contributed by atoms with van der Waals surface area (Å²) in [6, 6.07) is 0. The molecule has 0 aliphatic rings.